The first-order chi connectivity index (χ1) is 17.3. The molecule has 1 aliphatic rings. The van der Waals surface area contributed by atoms with E-state index in [2.05, 4.69) is 0 Å². The Labute approximate surface area is 207 Å². The SMILES string of the molecule is COc1ccc2cc([C@@H](C)C(=O)O[C@H]3OC(C(=O)OCc4ccccc4)[C@H](O)[C@@H](O)[C@H]3O)ccc2c1. The molecule has 1 aliphatic heterocycles. The molecule has 9 heteroatoms. The quantitative estimate of drug-likeness (QED) is 0.421. The van der Waals surface area contributed by atoms with Gasteiger partial charge in [-0.3, -0.25) is 4.79 Å². The Bertz CT molecular complexity index is 1210. The molecule has 1 heterocycles. The zero-order valence-corrected chi connectivity index (χ0v) is 19.8. The van der Waals surface area contributed by atoms with Crippen LogP contribution in [0.5, 0.6) is 5.75 Å². The minimum Gasteiger partial charge on any atom is -0.497 e. The van der Waals surface area contributed by atoms with Crippen LogP contribution in [-0.4, -0.2) is 65.1 Å². The highest BCUT2D eigenvalue weighted by Gasteiger charge is 2.49. The number of ether oxygens (including phenoxy) is 4. The molecule has 9 nitrogen and oxygen atoms in total. The van der Waals surface area contributed by atoms with Crippen LogP contribution in [0.3, 0.4) is 0 Å². The van der Waals surface area contributed by atoms with Crippen LogP contribution in [0.15, 0.2) is 66.7 Å². The molecular weight excluding hydrogens is 468 g/mol. The number of benzene rings is 3. The molecule has 6 atom stereocenters. The Kier molecular flexibility index (Phi) is 7.85. The van der Waals surface area contributed by atoms with Gasteiger partial charge in [0, 0.05) is 0 Å². The highest BCUT2D eigenvalue weighted by atomic mass is 16.7. The predicted molar refractivity (Wildman–Crippen MR) is 128 cm³/mol. The molecule has 1 fully saturated rings. The lowest BCUT2D eigenvalue weighted by Crippen LogP contribution is -2.61. The summed E-state index contributed by atoms with van der Waals surface area (Å²) in [5, 5.41) is 32.7. The summed E-state index contributed by atoms with van der Waals surface area (Å²) in [6.45, 7) is 1.54. The first kappa shape index (κ1) is 25.6. The third-order valence-electron chi connectivity index (χ3n) is 6.18. The normalized spacial score (nSPS) is 24.6. The van der Waals surface area contributed by atoms with E-state index in [0.29, 0.717) is 16.9 Å². The second-order valence-corrected chi connectivity index (χ2v) is 8.62. The maximum Gasteiger partial charge on any atom is 0.338 e. The topological polar surface area (TPSA) is 132 Å². The van der Waals surface area contributed by atoms with Gasteiger partial charge in [0.25, 0.3) is 0 Å². The third-order valence-corrected chi connectivity index (χ3v) is 6.18. The van der Waals surface area contributed by atoms with Gasteiger partial charge in [0.2, 0.25) is 6.29 Å². The van der Waals surface area contributed by atoms with Crippen molar-refractivity contribution in [3.8, 4) is 5.75 Å². The van der Waals surface area contributed by atoms with Crippen molar-refractivity contribution in [3.05, 3.63) is 77.9 Å². The van der Waals surface area contributed by atoms with Crippen LogP contribution in [0.1, 0.15) is 24.0 Å². The molecule has 0 aliphatic carbocycles. The number of methoxy groups -OCH3 is 1. The smallest absolute Gasteiger partial charge is 0.338 e. The number of hydrogen-bond acceptors (Lipinski definition) is 9. The highest BCUT2D eigenvalue weighted by molar-refractivity contribution is 5.87. The van der Waals surface area contributed by atoms with Gasteiger partial charge in [0.15, 0.2) is 6.10 Å². The first-order valence-corrected chi connectivity index (χ1v) is 11.5. The monoisotopic (exact) mass is 496 g/mol. The number of aliphatic hydroxyl groups is 3. The van der Waals surface area contributed by atoms with Crippen LogP contribution >= 0.6 is 0 Å². The summed E-state index contributed by atoms with van der Waals surface area (Å²) in [7, 11) is 1.58. The van der Waals surface area contributed by atoms with Gasteiger partial charge < -0.3 is 34.3 Å². The van der Waals surface area contributed by atoms with Crippen molar-refractivity contribution in [2.45, 2.75) is 50.2 Å². The number of rotatable bonds is 7. The molecule has 3 N–H and O–H groups in total. The number of esters is 2. The van der Waals surface area contributed by atoms with Crippen molar-refractivity contribution in [1.82, 2.24) is 0 Å². The van der Waals surface area contributed by atoms with Gasteiger partial charge >= 0.3 is 11.9 Å². The molecular formula is C27H28O9. The molecule has 3 aromatic carbocycles. The van der Waals surface area contributed by atoms with Gasteiger partial charge in [-0.25, -0.2) is 4.79 Å². The summed E-state index contributed by atoms with van der Waals surface area (Å²) in [4.78, 5) is 25.4. The fraction of sp³-hybridized carbons (Fsp3) is 0.333. The van der Waals surface area contributed by atoms with Crippen LogP contribution in [0.4, 0.5) is 0 Å². The Hall–Kier alpha value is -3.50. The number of aliphatic hydroxyl groups excluding tert-OH is 3. The summed E-state index contributed by atoms with van der Waals surface area (Å²) in [5.41, 5.74) is 1.37. The van der Waals surface area contributed by atoms with E-state index in [4.69, 9.17) is 18.9 Å². The van der Waals surface area contributed by atoms with E-state index in [1.54, 1.807) is 44.4 Å². The molecule has 3 aromatic rings. The number of fused-ring (bicyclic) bond motifs is 1. The molecule has 1 unspecified atom stereocenters. The van der Waals surface area contributed by atoms with Gasteiger partial charge in [0.05, 0.1) is 13.0 Å². The molecule has 0 amide bonds. The minimum absolute atomic E-state index is 0.0831. The number of carbonyl (C=O) groups excluding carboxylic acids is 2. The standard InChI is InChI=1S/C27H28O9/c1-15(17-8-9-19-13-20(33-2)11-10-18(19)12-17)25(31)36-27-23(30)21(28)22(29)24(35-27)26(32)34-14-16-6-4-3-5-7-16/h3-13,15,21-24,27-30H,14H2,1-2H3/t15-,21-,22-,23-,24?,27-/m1/s1. The Morgan fingerprint density at radius 2 is 1.61 bits per heavy atom. The molecule has 4 rings (SSSR count). The van der Waals surface area contributed by atoms with Gasteiger partial charge in [-0.05, 0) is 41.0 Å². The van der Waals surface area contributed by atoms with Gasteiger partial charge in [-0.1, -0.05) is 54.6 Å². The maximum absolute atomic E-state index is 12.9. The lowest BCUT2D eigenvalue weighted by molar-refractivity contribution is -0.288. The summed E-state index contributed by atoms with van der Waals surface area (Å²) in [6.07, 6.45) is -8.67. The lowest BCUT2D eigenvalue weighted by atomic mass is 9.97. The van der Waals surface area contributed by atoms with Gasteiger partial charge in [-0.15, -0.1) is 0 Å². The first-order valence-electron chi connectivity index (χ1n) is 11.5. The summed E-state index contributed by atoms with van der Waals surface area (Å²) < 4.78 is 21.1. The maximum atomic E-state index is 12.9. The zero-order chi connectivity index (χ0) is 25.8. The molecule has 0 bridgehead atoms. The molecule has 0 aromatic heterocycles. The Morgan fingerprint density at radius 3 is 2.33 bits per heavy atom. The molecule has 190 valence electrons. The lowest BCUT2D eigenvalue weighted by Gasteiger charge is -2.38. The average molecular weight is 497 g/mol. The third kappa shape index (κ3) is 5.50. The van der Waals surface area contributed by atoms with E-state index in [1.807, 2.05) is 36.4 Å². The Balaban J connectivity index is 1.43. The van der Waals surface area contributed by atoms with Crippen molar-refractivity contribution in [2.75, 3.05) is 7.11 Å². The van der Waals surface area contributed by atoms with Gasteiger partial charge in [-0.2, -0.15) is 0 Å². The molecule has 1 saturated heterocycles. The molecule has 0 saturated carbocycles. The number of hydrogen-bond donors (Lipinski definition) is 3. The van der Waals surface area contributed by atoms with Crippen LogP contribution in [0.25, 0.3) is 10.8 Å². The number of carbonyl (C=O) groups is 2. The fourth-order valence-electron chi connectivity index (χ4n) is 3.94. The summed E-state index contributed by atoms with van der Waals surface area (Å²) in [6, 6.07) is 19.9. The van der Waals surface area contributed by atoms with Crippen molar-refractivity contribution >= 4 is 22.7 Å². The molecule has 0 spiro atoms. The van der Waals surface area contributed by atoms with Crippen molar-refractivity contribution in [1.29, 1.82) is 0 Å². The average Bonchev–Trinajstić information content (AvgIpc) is 2.91. The Morgan fingerprint density at radius 1 is 0.917 bits per heavy atom. The van der Waals surface area contributed by atoms with E-state index >= 15 is 0 Å². The second kappa shape index (κ2) is 11.0. The van der Waals surface area contributed by atoms with E-state index in [1.165, 1.54) is 0 Å². The van der Waals surface area contributed by atoms with Crippen molar-refractivity contribution in [2.24, 2.45) is 0 Å². The van der Waals surface area contributed by atoms with Crippen LogP contribution in [-0.2, 0) is 30.4 Å². The summed E-state index contributed by atoms with van der Waals surface area (Å²) in [5.74, 6) is -1.74. The molecule has 36 heavy (non-hydrogen) atoms. The highest BCUT2D eigenvalue weighted by Crippen LogP contribution is 2.28. The van der Waals surface area contributed by atoms with Gasteiger partial charge in [0.1, 0.15) is 30.7 Å². The van der Waals surface area contributed by atoms with Crippen LogP contribution < -0.4 is 4.74 Å². The molecule has 0 radical (unpaired) electrons. The fourth-order valence-corrected chi connectivity index (χ4v) is 3.94. The van der Waals surface area contributed by atoms with E-state index in [0.717, 1.165) is 10.8 Å². The minimum atomic E-state index is -1.79. The second-order valence-electron chi connectivity index (χ2n) is 8.62. The van der Waals surface area contributed by atoms with Crippen molar-refractivity contribution < 1.29 is 43.9 Å². The van der Waals surface area contributed by atoms with E-state index in [-0.39, 0.29) is 6.61 Å². The van der Waals surface area contributed by atoms with E-state index < -0.39 is 48.6 Å². The van der Waals surface area contributed by atoms with Crippen LogP contribution in [0.2, 0.25) is 0 Å². The predicted octanol–water partition coefficient (Wildman–Crippen LogP) is 2.05. The zero-order valence-electron chi connectivity index (χ0n) is 19.8. The van der Waals surface area contributed by atoms with Crippen molar-refractivity contribution in [3.63, 3.8) is 0 Å². The van der Waals surface area contributed by atoms with E-state index in [9.17, 15) is 24.9 Å². The largest absolute Gasteiger partial charge is 0.497 e. The van der Waals surface area contributed by atoms with Crippen LogP contribution in [0, 0.1) is 0 Å². The summed E-state index contributed by atoms with van der Waals surface area (Å²) >= 11 is 0.